The first-order valence-electron chi connectivity index (χ1n) is 10.1. The highest BCUT2D eigenvalue weighted by Gasteiger charge is 2.52. The summed E-state index contributed by atoms with van der Waals surface area (Å²) in [6.07, 6.45) is 3.04. The zero-order valence-electron chi connectivity index (χ0n) is 16.0. The lowest BCUT2D eigenvalue weighted by Crippen LogP contribution is -2.64. The predicted molar refractivity (Wildman–Crippen MR) is 107 cm³/mol. The van der Waals surface area contributed by atoms with Gasteiger partial charge in [-0.3, -0.25) is 0 Å². The molecule has 1 saturated carbocycles. The molecule has 4 unspecified atom stereocenters. The third-order valence-electron chi connectivity index (χ3n) is 6.00. The summed E-state index contributed by atoms with van der Waals surface area (Å²) in [6.45, 7) is 1.82. The highest BCUT2D eigenvalue weighted by Crippen LogP contribution is 2.42. The van der Waals surface area contributed by atoms with Gasteiger partial charge in [0, 0.05) is 18.2 Å². The topological polar surface area (TPSA) is 50.7 Å². The minimum absolute atomic E-state index is 0.117. The van der Waals surface area contributed by atoms with E-state index in [1.807, 2.05) is 18.2 Å². The number of benzene rings is 2. The lowest BCUT2D eigenvalue weighted by atomic mass is 9.69. The summed E-state index contributed by atoms with van der Waals surface area (Å²) < 4.78 is 25.2. The van der Waals surface area contributed by atoms with E-state index < -0.39 is 5.60 Å². The molecule has 0 bridgehead atoms. The highest BCUT2D eigenvalue weighted by atomic mass is 19.1. The molecule has 2 aromatic rings. The van der Waals surface area contributed by atoms with Crippen LogP contribution < -0.4 is 5.32 Å². The van der Waals surface area contributed by atoms with Crippen molar-refractivity contribution in [2.24, 2.45) is 5.92 Å². The van der Waals surface area contributed by atoms with Crippen LogP contribution >= 0.6 is 0 Å². The SMILES string of the molecule is OC12CCCOC1C(COCc1ccccc1)CCC2Nc1ccc(F)cc1. The Hall–Kier alpha value is -1.95. The average molecular weight is 385 g/mol. The van der Waals surface area contributed by atoms with Crippen molar-refractivity contribution >= 4 is 5.69 Å². The van der Waals surface area contributed by atoms with Gasteiger partial charge in [0.15, 0.2) is 0 Å². The molecule has 0 amide bonds. The zero-order valence-corrected chi connectivity index (χ0v) is 16.0. The van der Waals surface area contributed by atoms with Gasteiger partial charge < -0.3 is 19.9 Å². The van der Waals surface area contributed by atoms with Crippen molar-refractivity contribution in [2.75, 3.05) is 18.5 Å². The maximum Gasteiger partial charge on any atom is 0.123 e. The molecule has 0 radical (unpaired) electrons. The molecule has 2 fully saturated rings. The van der Waals surface area contributed by atoms with Gasteiger partial charge in [-0.25, -0.2) is 4.39 Å². The van der Waals surface area contributed by atoms with Crippen LogP contribution in [0.2, 0.25) is 0 Å². The summed E-state index contributed by atoms with van der Waals surface area (Å²) in [5, 5.41) is 14.9. The van der Waals surface area contributed by atoms with Gasteiger partial charge in [0.25, 0.3) is 0 Å². The Morgan fingerprint density at radius 1 is 1.11 bits per heavy atom. The Balaban J connectivity index is 1.41. The minimum atomic E-state index is -0.939. The number of anilines is 1. The average Bonchev–Trinajstić information content (AvgIpc) is 2.72. The molecular formula is C23H28FNO3. The molecular weight excluding hydrogens is 357 g/mol. The number of aliphatic hydroxyl groups is 1. The van der Waals surface area contributed by atoms with Gasteiger partial charge in [-0.1, -0.05) is 30.3 Å². The van der Waals surface area contributed by atoms with Crippen molar-refractivity contribution < 1.29 is 19.0 Å². The van der Waals surface area contributed by atoms with Crippen LogP contribution in [0.25, 0.3) is 0 Å². The van der Waals surface area contributed by atoms with Crippen molar-refractivity contribution in [3.05, 3.63) is 66.0 Å². The smallest absolute Gasteiger partial charge is 0.123 e. The van der Waals surface area contributed by atoms with E-state index in [0.717, 1.165) is 30.5 Å². The second-order valence-corrected chi connectivity index (χ2v) is 7.93. The summed E-state index contributed by atoms with van der Waals surface area (Å²) in [4.78, 5) is 0. The lowest BCUT2D eigenvalue weighted by molar-refractivity contribution is -0.198. The molecule has 2 aliphatic rings. The van der Waals surface area contributed by atoms with Gasteiger partial charge in [0.1, 0.15) is 11.4 Å². The number of nitrogens with one attached hydrogen (secondary N) is 1. The van der Waals surface area contributed by atoms with Crippen molar-refractivity contribution in [3.8, 4) is 0 Å². The van der Waals surface area contributed by atoms with E-state index in [4.69, 9.17) is 9.47 Å². The molecule has 150 valence electrons. The highest BCUT2D eigenvalue weighted by molar-refractivity contribution is 5.45. The summed E-state index contributed by atoms with van der Waals surface area (Å²) in [5.74, 6) is -0.0947. The van der Waals surface area contributed by atoms with Crippen molar-refractivity contribution in [1.29, 1.82) is 0 Å². The Kier molecular flexibility index (Phi) is 5.95. The van der Waals surface area contributed by atoms with E-state index >= 15 is 0 Å². The van der Waals surface area contributed by atoms with Gasteiger partial charge in [-0.15, -0.1) is 0 Å². The zero-order chi connectivity index (χ0) is 19.4. The lowest BCUT2D eigenvalue weighted by Gasteiger charge is -2.51. The van der Waals surface area contributed by atoms with Crippen LogP contribution in [0.5, 0.6) is 0 Å². The Morgan fingerprint density at radius 2 is 1.89 bits per heavy atom. The first-order chi connectivity index (χ1) is 13.6. The number of ether oxygens (including phenoxy) is 2. The third-order valence-corrected chi connectivity index (χ3v) is 6.00. The van der Waals surface area contributed by atoms with E-state index in [1.54, 1.807) is 12.1 Å². The molecule has 0 aromatic heterocycles. The van der Waals surface area contributed by atoms with Gasteiger partial charge in [-0.05, 0) is 55.5 Å². The fourth-order valence-corrected chi connectivity index (χ4v) is 4.57. The van der Waals surface area contributed by atoms with E-state index in [0.29, 0.717) is 26.2 Å². The molecule has 1 saturated heterocycles. The van der Waals surface area contributed by atoms with Crippen molar-refractivity contribution in [3.63, 3.8) is 0 Å². The monoisotopic (exact) mass is 385 g/mol. The Bertz CT molecular complexity index is 754. The molecule has 4 nitrogen and oxygen atoms in total. The van der Waals surface area contributed by atoms with E-state index in [9.17, 15) is 9.50 Å². The molecule has 5 heteroatoms. The van der Waals surface area contributed by atoms with Crippen LogP contribution in [-0.2, 0) is 16.1 Å². The molecule has 4 rings (SSSR count). The van der Waals surface area contributed by atoms with Crippen LogP contribution in [-0.4, -0.2) is 36.1 Å². The summed E-state index contributed by atoms with van der Waals surface area (Å²) in [6, 6.07) is 16.3. The van der Waals surface area contributed by atoms with Gasteiger partial charge in [0.05, 0.1) is 25.4 Å². The van der Waals surface area contributed by atoms with Gasteiger partial charge >= 0.3 is 0 Å². The molecule has 1 aliphatic carbocycles. The normalized spacial score (nSPS) is 29.9. The predicted octanol–water partition coefficient (Wildman–Crippen LogP) is 4.14. The molecule has 4 atom stereocenters. The van der Waals surface area contributed by atoms with Crippen molar-refractivity contribution in [1.82, 2.24) is 0 Å². The van der Waals surface area contributed by atoms with Crippen LogP contribution in [0.3, 0.4) is 0 Å². The number of rotatable bonds is 6. The molecule has 0 spiro atoms. The largest absolute Gasteiger partial charge is 0.385 e. The van der Waals surface area contributed by atoms with Crippen molar-refractivity contribution in [2.45, 2.75) is 50.0 Å². The summed E-state index contributed by atoms with van der Waals surface area (Å²) >= 11 is 0. The second kappa shape index (κ2) is 8.60. The summed E-state index contributed by atoms with van der Waals surface area (Å²) in [7, 11) is 0. The molecule has 28 heavy (non-hydrogen) atoms. The minimum Gasteiger partial charge on any atom is -0.385 e. The maximum atomic E-state index is 13.2. The number of hydrogen-bond donors (Lipinski definition) is 2. The van der Waals surface area contributed by atoms with Gasteiger partial charge in [0.2, 0.25) is 0 Å². The molecule has 2 aromatic carbocycles. The standard InChI is InChI=1S/C23H28FNO3/c24-19-8-10-20(11-9-19)25-21-12-7-18(22-23(21,26)13-4-14-28-22)16-27-15-17-5-2-1-3-6-17/h1-3,5-6,8-11,18,21-22,25-26H,4,7,12-16H2. The third kappa shape index (κ3) is 4.22. The number of fused-ring (bicyclic) bond motifs is 1. The first-order valence-corrected chi connectivity index (χ1v) is 10.1. The molecule has 1 heterocycles. The van der Waals surface area contributed by atoms with Crippen LogP contribution in [0.1, 0.15) is 31.2 Å². The molecule has 1 aliphatic heterocycles. The molecule has 2 N–H and O–H groups in total. The Morgan fingerprint density at radius 3 is 2.68 bits per heavy atom. The van der Waals surface area contributed by atoms with E-state index in [-0.39, 0.29) is 23.9 Å². The van der Waals surface area contributed by atoms with Crippen LogP contribution in [0, 0.1) is 11.7 Å². The quantitative estimate of drug-likeness (QED) is 0.785. The fourth-order valence-electron chi connectivity index (χ4n) is 4.57. The summed E-state index contributed by atoms with van der Waals surface area (Å²) in [5.41, 5.74) is 1.03. The van der Waals surface area contributed by atoms with E-state index in [2.05, 4.69) is 17.4 Å². The second-order valence-electron chi connectivity index (χ2n) is 7.93. The number of halogens is 1. The van der Waals surface area contributed by atoms with E-state index in [1.165, 1.54) is 12.1 Å². The van der Waals surface area contributed by atoms with Crippen LogP contribution in [0.15, 0.2) is 54.6 Å². The number of hydrogen-bond acceptors (Lipinski definition) is 4. The first kappa shape index (κ1) is 19.4. The Labute approximate surface area is 165 Å². The van der Waals surface area contributed by atoms with Crippen LogP contribution in [0.4, 0.5) is 10.1 Å². The fraction of sp³-hybridized carbons (Fsp3) is 0.478. The van der Waals surface area contributed by atoms with Gasteiger partial charge in [-0.2, -0.15) is 0 Å². The maximum absolute atomic E-state index is 13.2.